The summed E-state index contributed by atoms with van der Waals surface area (Å²) < 4.78 is 0. The molecule has 0 radical (unpaired) electrons. The minimum atomic E-state index is 0.176. The summed E-state index contributed by atoms with van der Waals surface area (Å²) in [7, 11) is 0. The Labute approximate surface area is 83.6 Å². The van der Waals surface area contributed by atoms with Crippen LogP contribution in [0.2, 0.25) is 0 Å². The van der Waals surface area contributed by atoms with Crippen molar-refractivity contribution in [3.8, 4) is 0 Å². The van der Waals surface area contributed by atoms with Crippen molar-refractivity contribution in [1.29, 1.82) is 0 Å². The van der Waals surface area contributed by atoms with Gasteiger partial charge in [0.25, 0.3) is 0 Å². The number of likely N-dealkylation sites (tertiary alicyclic amines) is 1. The summed E-state index contributed by atoms with van der Waals surface area (Å²) in [6.45, 7) is 2.60. The van der Waals surface area contributed by atoms with Gasteiger partial charge in [0.2, 0.25) is 5.91 Å². The highest BCUT2D eigenvalue weighted by molar-refractivity contribution is 5.82. The summed E-state index contributed by atoms with van der Waals surface area (Å²) in [5.41, 5.74) is 0. The molecule has 0 spiro atoms. The van der Waals surface area contributed by atoms with Gasteiger partial charge in [0.15, 0.2) is 0 Å². The molecule has 0 aliphatic carbocycles. The molecule has 0 aromatic heterocycles. The topological polar surface area (TPSA) is 49.4 Å². The first-order chi connectivity index (χ1) is 6.83. The lowest BCUT2D eigenvalue weighted by atomic mass is 9.91. The van der Waals surface area contributed by atoms with Gasteiger partial charge in [-0.15, -0.1) is 0 Å². The van der Waals surface area contributed by atoms with E-state index in [0.29, 0.717) is 12.5 Å². The SMILES string of the molecule is O=CCCN1CCCC2C(=O)NCC21. The van der Waals surface area contributed by atoms with E-state index in [4.69, 9.17) is 0 Å². The molecule has 78 valence electrons. The van der Waals surface area contributed by atoms with Crippen LogP contribution < -0.4 is 5.32 Å². The normalized spacial score (nSPS) is 32.4. The van der Waals surface area contributed by atoms with Crippen molar-refractivity contribution in [2.45, 2.75) is 25.3 Å². The molecule has 2 saturated heterocycles. The van der Waals surface area contributed by atoms with Gasteiger partial charge in [-0.05, 0) is 19.4 Å². The van der Waals surface area contributed by atoms with E-state index in [2.05, 4.69) is 10.2 Å². The summed E-state index contributed by atoms with van der Waals surface area (Å²) in [4.78, 5) is 24.0. The van der Waals surface area contributed by atoms with E-state index >= 15 is 0 Å². The van der Waals surface area contributed by atoms with Crippen LogP contribution in [0.5, 0.6) is 0 Å². The quantitative estimate of drug-likeness (QED) is 0.635. The maximum Gasteiger partial charge on any atom is 0.224 e. The van der Waals surface area contributed by atoms with E-state index < -0.39 is 0 Å². The average molecular weight is 196 g/mol. The Bertz CT molecular complexity index is 242. The summed E-state index contributed by atoms with van der Waals surface area (Å²) in [6, 6.07) is 0.344. The maximum absolute atomic E-state index is 11.4. The minimum Gasteiger partial charge on any atom is -0.354 e. The molecule has 4 nitrogen and oxygen atoms in total. The fourth-order valence-electron chi connectivity index (χ4n) is 2.54. The fourth-order valence-corrected chi connectivity index (χ4v) is 2.54. The minimum absolute atomic E-state index is 0.176. The third-order valence-electron chi connectivity index (χ3n) is 3.25. The van der Waals surface area contributed by atoms with E-state index in [9.17, 15) is 9.59 Å². The molecule has 4 heteroatoms. The Morgan fingerprint density at radius 3 is 3.21 bits per heavy atom. The number of nitrogens with one attached hydrogen (secondary N) is 1. The zero-order valence-electron chi connectivity index (χ0n) is 8.24. The van der Waals surface area contributed by atoms with E-state index in [-0.39, 0.29) is 11.8 Å². The lowest BCUT2D eigenvalue weighted by molar-refractivity contribution is -0.124. The largest absolute Gasteiger partial charge is 0.354 e. The number of carbonyl (C=O) groups excluding carboxylic acids is 2. The van der Waals surface area contributed by atoms with Crippen molar-refractivity contribution in [2.24, 2.45) is 5.92 Å². The first-order valence-electron chi connectivity index (χ1n) is 5.28. The number of piperidine rings is 1. The summed E-state index contributed by atoms with van der Waals surface area (Å²) >= 11 is 0. The molecule has 2 atom stereocenters. The second-order valence-corrected chi connectivity index (χ2v) is 4.05. The Morgan fingerprint density at radius 2 is 2.43 bits per heavy atom. The van der Waals surface area contributed by atoms with Crippen LogP contribution in [-0.2, 0) is 9.59 Å². The highest BCUT2D eigenvalue weighted by Gasteiger charge is 2.40. The predicted octanol–water partition coefficient (Wildman–Crippen LogP) is -0.214. The number of nitrogens with zero attached hydrogens (tertiary/aromatic N) is 1. The van der Waals surface area contributed by atoms with Crippen LogP contribution in [0.1, 0.15) is 19.3 Å². The van der Waals surface area contributed by atoms with Gasteiger partial charge in [-0.3, -0.25) is 9.69 Å². The van der Waals surface area contributed by atoms with Crippen molar-refractivity contribution in [2.75, 3.05) is 19.6 Å². The average Bonchev–Trinajstić information content (AvgIpc) is 2.58. The monoisotopic (exact) mass is 196 g/mol. The molecule has 0 bridgehead atoms. The number of fused-ring (bicyclic) bond motifs is 1. The summed E-state index contributed by atoms with van der Waals surface area (Å²) in [6.07, 6.45) is 3.62. The molecular formula is C10H16N2O2. The molecule has 1 N–H and O–H groups in total. The van der Waals surface area contributed by atoms with E-state index in [1.165, 1.54) is 0 Å². The molecule has 2 heterocycles. The highest BCUT2D eigenvalue weighted by atomic mass is 16.2. The number of carbonyl (C=O) groups is 2. The van der Waals surface area contributed by atoms with Crippen molar-refractivity contribution in [3.05, 3.63) is 0 Å². The number of hydrogen-bond donors (Lipinski definition) is 1. The van der Waals surface area contributed by atoms with Gasteiger partial charge in [0.05, 0.1) is 5.92 Å². The molecule has 2 rings (SSSR count). The van der Waals surface area contributed by atoms with Crippen LogP contribution in [0.15, 0.2) is 0 Å². The van der Waals surface area contributed by atoms with Gasteiger partial charge in [0.1, 0.15) is 6.29 Å². The van der Waals surface area contributed by atoms with E-state index in [1.54, 1.807) is 0 Å². The van der Waals surface area contributed by atoms with Crippen molar-refractivity contribution in [1.82, 2.24) is 10.2 Å². The van der Waals surface area contributed by atoms with E-state index in [0.717, 1.165) is 38.8 Å². The smallest absolute Gasteiger partial charge is 0.224 e. The van der Waals surface area contributed by atoms with Crippen LogP contribution in [0.4, 0.5) is 0 Å². The lowest BCUT2D eigenvalue weighted by Crippen LogP contribution is -2.45. The molecule has 2 unspecified atom stereocenters. The Hall–Kier alpha value is -0.900. The molecule has 2 aliphatic heterocycles. The van der Waals surface area contributed by atoms with Gasteiger partial charge in [-0.2, -0.15) is 0 Å². The molecule has 14 heavy (non-hydrogen) atoms. The summed E-state index contributed by atoms with van der Waals surface area (Å²) in [5, 5.41) is 2.90. The van der Waals surface area contributed by atoms with Gasteiger partial charge in [-0.1, -0.05) is 0 Å². The van der Waals surface area contributed by atoms with Crippen molar-refractivity contribution < 1.29 is 9.59 Å². The van der Waals surface area contributed by atoms with Crippen LogP contribution in [-0.4, -0.2) is 42.8 Å². The van der Waals surface area contributed by atoms with Crippen molar-refractivity contribution in [3.63, 3.8) is 0 Å². The molecule has 0 aromatic carbocycles. The van der Waals surface area contributed by atoms with Gasteiger partial charge >= 0.3 is 0 Å². The lowest BCUT2D eigenvalue weighted by Gasteiger charge is -2.35. The van der Waals surface area contributed by atoms with Crippen LogP contribution in [0, 0.1) is 5.92 Å². The van der Waals surface area contributed by atoms with Crippen LogP contribution >= 0.6 is 0 Å². The van der Waals surface area contributed by atoms with Crippen LogP contribution in [0.25, 0.3) is 0 Å². The van der Waals surface area contributed by atoms with Gasteiger partial charge in [0, 0.05) is 25.6 Å². The standard InChI is InChI=1S/C10H16N2O2/c13-6-2-5-12-4-1-3-8-9(12)7-11-10(8)14/h6,8-9H,1-5,7H2,(H,11,14). The number of hydrogen-bond acceptors (Lipinski definition) is 3. The molecule has 1 amide bonds. The molecular weight excluding hydrogens is 180 g/mol. The molecule has 2 fully saturated rings. The third-order valence-corrected chi connectivity index (χ3v) is 3.25. The second kappa shape index (κ2) is 4.09. The number of aldehydes is 1. The highest BCUT2D eigenvalue weighted by Crippen LogP contribution is 2.26. The Kier molecular flexibility index (Phi) is 2.82. The van der Waals surface area contributed by atoms with Crippen LogP contribution in [0.3, 0.4) is 0 Å². The zero-order chi connectivity index (χ0) is 9.97. The first kappa shape index (κ1) is 9.65. The first-order valence-corrected chi connectivity index (χ1v) is 5.28. The van der Waals surface area contributed by atoms with Gasteiger partial charge < -0.3 is 10.1 Å². The predicted molar refractivity (Wildman–Crippen MR) is 51.8 cm³/mol. The Balaban J connectivity index is 1.97. The molecule has 0 aromatic rings. The number of amides is 1. The Morgan fingerprint density at radius 1 is 1.57 bits per heavy atom. The van der Waals surface area contributed by atoms with Crippen molar-refractivity contribution >= 4 is 12.2 Å². The molecule has 0 saturated carbocycles. The maximum atomic E-state index is 11.4. The second-order valence-electron chi connectivity index (χ2n) is 4.05. The fraction of sp³-hybridized carbons (Fsp3) is 0.800. The zero-order valence-corrected chi connectivity index (χ0v) is 8.24. The van der Waals surface area contributed by atoms with Gasteiger partial charge in [-0.25, -0.2) is 0 Å². The number of rotatable bonds is 3. The van der Waals surface area contributed by atoms with E-state index in [1.807, 2.05) is 0 Å². The third kappa shape index (κ3) is 1.66. The summed E-state index contributed by atoms with van der Waals surface area (Å²) in [5.74, 6) is 0.376. The molecule has 2 aliphatic rings.